The Morgan fingerprint density at radius 2 is 0.696 bits per heavy atom. The first kappa shape index (κ1) is 26.5. The lowest BCUT2D eigenvalue weighted by molar-refractivity contribution is 0.633. The van der Waals surface area contributed by atoms with Crippen molar-refractivity contribution in [1.82, 2.24) is 0 Å². The summed E-state index contributed by atoms with van der Waals surface area (Å²) in [5.41, 5.74) is 15.4. The van der Waals surface area contributed by atoms with Crippen molar-refractivity contribution in [2.24, 2.45) is 0 Å². The number of aryl methyl sites for hydroxylation is 2. The van der Waals surface area contributed by atoms with Crippen LogP contribution in [0.25, 0.3) is 88.4 Å². The van der Waals surface area contributed by atoms with Crippen molar-refractivity contribution in [2.75, 3.05) is 0 Å². The Bertz CT molecular complexity index is 2580. The molecule has 46 heavy (non-hydrogen) atoms. The Labute approximate surface area is 267 Å². The summed E-state index contributed by atoms with van der Waals surface area (Å²) in [5.74, 6) is 0. The van der Waals surface area contributed by atoms with Gasteiger partial charge in [-0.05, 0) is 118 Å². The number of furan rings is 2. The number of hydrogen-bond acceptors (Lipinski definition) is 2. The summed E-state index contributed by atoms with van der Waals surface area (Å²) in [6.45, 7) is 4.38. The van der Waals surface area contributed by atoms with Gasteiger partial charge in [0.15, 0.2) is 11.2 Å². The zero-order chi connectivity index (χ0) is 30.8. The van der Waals surface area contributed by atoms with Crippen LogP contribution in [0.5, 0.6) is 0 Å². The van der Waals surface area contributed by atoms with Gasteiger partial charge in [-0.25, -0.2) is 0 Å². The van der Waals surface area contributed by atoms with Gasteiger partial charge in [-0.3, -0.25) is 0 Å². The molecule has 218 valence electrons. The second-order valence-corrected chi connectivity index (χ2v) is 12.2. The van der Waals surface area contributed by atoms with Crippen LogP contribution in [-0.2, 0) is 0 Å². The van der Waals surface area contributed by atoms with Crippen molar-refractivity contribution in [3.63, 3.8) is 0 Å². The van der Waals surface area contributed by atoms with E-state index >= 15 is 0 Å². The molecule has 2 nitrogen and oxygen atoms in total. The van der Waals surface area contributed by atoms with Gasteiger partial charge >= 0.3 is 0 Å². The molecule has 9 aromatic rings. The molecule has 0 atom stereocenters. The minimum Gasteiger partial charge on any atom is -0.452 e. The molecule has 2 heteroatoms. The predicted octanol–water partition coefficient (Wildman–Crippen LogP) is 12.8. The number of rotatable bonds is 4. The summed E-state index contributed by atoms with van der Waals surface area (Å²) < 4.78 is 13.1. The van der Waals surface area contributed by atoms with E-state index in [0.29, 0.717) is 0 Å². The van der Waals surface area contributed by atoms with E-state index in [1.807, 2.05) is 6.07 Å². The Balaban J connectivity index is 1.14. The van der Waals surface area contributed by atoms with Crippen molar-refractivity contribution in [3.8, 4) is 44.5 Å². The fourth-order valence-electron chi connectivity index (χ4n) is 6.87. The van der Waals surface area contributed by atoms with E-state index < -0.39 is 0 Å². The van der Waals surface area contributed by atoms with Gasteiger partial charge in [0.05, 0.1) is 0 Å². The highest BCUT2D eigenvalue weighted by molar-refractivity contribution is 6.19. The van der Waals surface area contributed by atoms with Crippen LogP contribution in [0, 0.1) is 13.8 Å². The van der Waals surface area contributed by atoms with Gasteiger partial charge in [-0.15, -0.1) is 0 Å². The maximum Gasteiger partial charge on any atom is 0.178 e. The molecular formula is C44H30O2. The molecule has 0 saturated carbocycles. The second-order valence-electron chi connectivity index (χ2n) is 12.2. The summed E-state index contributed by atoms with van der Waals surface area (Å²) in [6, 6.07) is 51.8. The third-order valence-corrected chi connectivity index (χ3v) is 9.39. The smallest absolute Gasteiger partial charge is 0.178 e. The van der Waals surface area contributed by atoms with Crippen molar-refractivity contribution in [2.45, 2.75) is 13.8 Å². The molecule has 0 N–H and O–H groups in total. The van der Waals surface area contributed by atoms with Crippen molar-refractivity contribution >= 4 is 43.9 Å². The van der Waals surface area contributed by atoms with Crippen molar-refractivity contribution in [1.29, 1.82) is 0 Å². The number of fused-ring (bicyclic) bond motifs is 7. The topological polar surface area (TPSA) is 26.3 Å². The van der Waals surface area contributed by atoms with Gasteiger partial charge in [-0.2, -0.15) is 0 Å². The van der Waals surface area contributed by atoms with Gasteiger partial charge < -0.3 is 8.83 Å². The van der Waals surface area contributed by atoms with E-state index in [2.05, 4.69) is 153 Å². The Hall–Kier alpha value is -5.86. The van der Waals surface area contributed by atoms with E-state index in [4.69, 9.17) is 8.83 Å². The van der Waals surface area contributed by atoms with Crippen LogP contribution in [0.2, 0.25) is 0 Å². The first-order valence-electron chi connectivity index (χ1n) is 15.8. The van der Waals surface area contributed by atoms with Gasteiger partial charge in [0.1, 0.15) is 11.2 Å². The molecule has 2 heterocycles. The normalized spacial score (nSPS) is 11.7. The van der Waals surface area contributed by atoms with Crippen molar-refractivity contribution in [3.05, 3.63) is 157 Å². The van der Waals surface area contributed by atoms with Gasteiger partial charge in [0.2, 0.25) is 0 Å². The molecule has 0 bridgehead atoms. The molecule has 0 amide bonds. The molecule has 7 aromatic carbocycles. The Kier molecular flexibility index (Phi) is 5.97. The Morgan fingerprint density at radius 1 is 0.326 bits per heavy atom. The van der Waals surface area contributed by atoms with Crippen LogP contribution in [-0.4, -0.2) is 0 Å². The molecule has 0 saturated heterocycles. The average molecular weight is 591 g/mol. The molecule has 9 rings (SSSR count). The predicted molar refractivity (Wildman–Crippen MR) is 192 cm³/mol. The summed E-state index contributed by atoms with van der Waals surface area (Å²) in [4.78, 5) is 0. The molecule has 0 aliphatic carbocycles. The van der Waals surface area contributed by atoms with Gasteiger partial charge in [0, 0.05) is 21.5 Å². The monoisotopic (exact) mass is 590 g/mol. The lowest BCUT2D eigenvalue weighted by atomic mass is 9.90. The van der Waals surface area contributed by atoms with E-state index in [9.17, 15) is 0 Å². The summed E-state index contributed by atoms with van der Waals surface area (Å²) in [5, 5.41) is 4.31. The zero-order valence-corrected chi connectivity index (χ0v) is 25.7. The second kappa shape index (κ2) is 10.4. The minimum atomic E-state index is 0.792. The van der Waals surface area contributed by atoms with E-state index in [-0.39, 0.29) is 0 Å². The molecule has 0 aliphatic heterocycles. The highest BCUT2D eigenvalue weighted by Crippen LogP contribution is 2.41. The lowest BCUT2D eigenvalue weighted by Gasteiger charge is -2.14. The fourth-order valence-corrected chi connectivity index (χ4v) is 6.87. The van der Waals surface area contributed by atoms with Crippen molar-refractivity contribution < 1.29 is 8.83 Å². The fraction of sp³-hybridized carbons (Fsp3) is 0.0455. The van der Waals surface area contributed by atoms with Crippen LogP contribution < -0.4 is 0 Å². The highest BCUT2D eigenvalue weighted by Gasteiger charge is 2.17. The quantitative estimate of drug-likeness (QED) is 0.204. The average Bonchev–Trinajstić information content (AvgIpc) is 3.67. The van der Waals surface area contributed by atoms with Crippen LogP contribution in [0.1, 0.15) is 11.1 Å². The molecule has 0 radical (unpaired) electrons. The van der Waals surface area contributed by atoms with E-state index in [1.54, 1.807) is 0 Å². The van der Waals surface area contributed by atoms with Gasteiger partial charge in [0.25, 0.3) is 0 Å². The van der Waals surface area contributed by atoms with Crippen LogP contribution in [0.4, 0.5) is 0 Å². The lowest BCUT2D eigenvalue weighted by Crippen LogP contribution is -1.90. The first-order valence-corrected chi connectivity index (χ1v) is 15.8. The maximum absolute atomic E-state index is 6.60. The van der Waals surface area contributed by atoms with Crippen LogP contribution >= 0.6 is 0 Å². The molecule has 2 aromatic heterocycles. The minimum absolute atomic E-state index is 0.792. The van der Waals surface area contributed by atoms with E-state index in [0.717, 1.165) is 60.6 Å². The zero-order valence-electron chi connectivity index (χ0n) is 25.7. The summed E-state index contributed by atoms with van der Waals surface area (Å²) in [7, 11) is 0. The Morgan fingerprint density at radius 3 is 1.17 bits per heavy atom. The molecular weight excluding hydrogens is 560 g/mol. The van der Waals surface area contributed by atoms with Gasteiger partial charge in [-0.1, -0.05) is 97.1 Å². The maximum atomic E-state index is 6.60. The molecule has 0 spiro atoms. The third-order valence-electron chi connectivity index (χ3n) is 9.39. The number of benzene rings is 7. The summed E-state index contributed by atoms with van der Waals surface area (Å²) in [6.07, 6.45) is 0. The molecule has 0 unspecified atom stereocenters. The van der Waals surface area contributed by atoms with E-state index in [1.165, 1.54) is 38.9 Å². The molecule has 0 fully saturated rings. The van der Waals surface area contributed by atoms with Crippen LogP contribution in [0.3, 0.4) is 0 Å². The molecule has 0 aliphatic rings. The standard InChI is InChI=1S/C44H30O2/c1-27-13-15-31(29-9-5-3-6-10-29)23-39(27)40-24-32(16-14-28(40)2)34-18-20-36-38-22-21-37-35-19-17-33(30-11-7-4-8-12-30)25-41(35)45-43(37)44(38)46-42(36)26-34/h3-26H,1-2H3. The summed E-state index contributed by atoms with van der Waals surface area (Å²) >= 11 is 0. The largest absolute Gasteiger partial charge is 0.452 e. The highest BCUT2D eigenvalue weighted by atomic mass is 16.4. The first-order chi connectivity index (χ1) is 22.6. The number of hydrogen-bond donors (Lipinski definition) is 0. The third kappa shape index (κ3) is 4.26. The SMILES string of the molecule is Cc1ccc(-c2ccccc2)cc1-c1cc(-c2ccc3c(c2)oc2c3ccc3c4ccc(-c5ccccc5)cc4oc32)ccc1C. The van der Waals surface area contributed by atoms with Crippen LogP contribution in [0.15, 0.2) is 154 Å².